The Bertz CT molecular complexity index is 1900. The second kappa shape index (κ2) is 17.2. The predicted octanol–water partition coefficient (Wildman–Crippen LogP) is 6.06. The van der Waals surface area contributed by atoms with Gasteiger partial charge in [-0.2, -0.15) is 0 Å². The Morgan fingerprint density at radius 2 is 1.49 bits per heavy atom. The number of methoxy groups -OCH3 is 2. The Labute approximate surface area is 311 Å². The Morgan fingerprint density at radius 1 is 0.943 bits per heavy atom. The quantitative estimate of drug-likeness (QED) is 0.102. The Hall–Kier alpha value is -4.34. The number of rotatable bonds is 16. The van der Waals surface area contributed by atoms with Crippen molar-refractivity contribution in [3.8, 4) is 17.6 Å². The number of aryl methyl sites for hydroxylation is 1. The van der Waals surface area contributed by atoms with Crippen molar-refractivity contribution < 1.29 is 28.4 Å². The van der Waals surface area contributed by atoms with Crippen LogP contribution in [0.3, 0.4) is 0 Å². The molecule has 5 rings (SSSR count). The van der Waals surface area contributed by atoms with Crippen LogP contribution in [-0.4, -0.2) is 70.4 Å². The molecule has 2 heterocycles. The number of ether oxygens (including phenoxy) is 4. The molecular formula is C40H51N4O8P. The van der Waals surface area contributed by atoms with E-state index in [4.69, 9.17) is 23.5 Å². The summed E-state index contributed by atoms with van der Waals surface area (Å²) in [7, 11) is -0.553. The summed E-state index contributed by atoms with van der Waals surface area (Å²) in [6.45, 7) is 9.54. The molecule has 0 saturated carbocycles. The number of H-pyrrole nitrogens is 1. The van der Waals surface area contributed by atoms with Crippen molar-refractivity contribution in [1.29, 1.82) is 5.26 Å². The summed E-state index contributed by atoms with van der Waals surface area (Å²) >= 11 is 0. The van der Waals surface area contributed by atoms with E-state index < -0.39 is 43.2 Å². The standard InChI is InChI=1S/C40H51N4O8P/c1-27(2)44(28(3)4)53(47,23-11-22-41)52-35-24-37(43-25-29(5)38(45)42-39(43)46)51-36(35)26-50-40(30-12-9-8-10-13-30,31-14-18-33(48-6)19-15-31)32-16-20-34(49-7)21-17-32/h8-10,12-21,25,27-28,35-37,47,53H,11,23-24,26H2,1-7H3,(H,42,45,46)/t35-,36+,37+/m0/s1. The molecular weight excluding hydrogens is 695 g/mol. The van der Waals surface area contributed by atoms with Crippen LogP contribution in [0.2, 0.25) is 0 Å². The molecule has 284 valence electrons. The van der Waals surface area contributed by atoms with Gasteiger partial charge in [0.15, 0.2) is 0 Å². The van der Waals surface area contributed by atoms with E-state index in [0.29, 0.717) is 17.1 Å². The summed E-state index contributed by atoms with van der Waals surface area (Å²) in [5.74, 6) is 1.37. The number of aromatic nitrogens is 2. The average molecular weight is 747 g/mol. The molecule has 12 nitrogen and oxygen atoms in total. The zero-order chi connectivity index (χ0) is 38.3. The third kappa shape index (κ3) is 8.57. The maximum atomic E-state index is 13.1. The third-order valence-corrected chi connectivity index (χ3v) is 13.1. The van der Waals surface area contributed by atoms with Gasteiger partial charge in [0.1, 0.15) is 0 Å². The first-order chi connectivity index (χ1) is 25.4. The second-order valence-corrected chi connectivity index (χ2v) is 16.5. The molecule has 53 heavy (non-hydrogen) atoms. The van der Waals surface area contributed by atoms with E-state index in [2.05, 4.69) is 11.1 Å². The van der Waals surface area contributed by atoms with Gasteiger partial charge in [-0.15, -0.1) is 0 Å². The minimum absolute atomic E-state index is 0.0305. The van der Waals surface area contributed by atoms with Crippen LogP contribution in [0.25, 0.3) is 0 Å². The van der Waals surface area contributed by atoms with Crippen molar-refractivity contribution in [2.24, 2.45) is 0 Å². The average Bonchev–Trinajstić information content (AvgIpc) is 3.54. The van der Waals surface area contributed by atoms with E-state index in [0.717, 1.165) is 16.7 Å². The van der Waals surface area contributed by atoms with Gasteiger partial charge in [-0.3, -0.25) is 0 Å². The fourth-order valence-electron chi connectivity index (χ4n) is 7.34. The first kappa shape index (κ1) is 39.9. The van der Waals surface area contributed by atoms with Crippen LogP contribution >= 0.6 is 7.87 Å². The third-order valence-electron chi connectivity index (χ3n) is 9.69. The van der Waals surface area contributed by atoms with Gasteiger partial charge < -0.3 is 0 Å². The van der Waals surface area contributed by atoms with Gasteiger partial charge in [0.05, 0.1) is 0 Å². The molecule has 1 fully saturated rings. The fraction of sp³-hybridized carbons (Fsp3) is 0.425. The van der Waals surface area contributed by atoms with Crippen LogP contribution in [0.4, 0.5) is 0 Å². The number of hydrogen-bond donors (Lipinski definition) is 2. The summed E-state index contributed by atoms with van der Waals surface area (Å²) < 4.78 is 35.0. The van der Waals surface area contributed by atoms with E-state index in [1.807, 2.05) is 111 Å². The van der Waals surface area contributed by atoms with Crippen LogP contribution in [0, 0.1) is 18.3 Å². The summed E-state index contributed by atoms with van der Waals surface area (Å²) in [6.07, 6.45) is -0.488. The van der Waals surface area contributed by atoms with Crippen LogP contribution in [-0.2, 0) is 19.6 Å². The molecule has 0 aliphatic carbocycles. The van der Waals surface area contributed by atoms with Crippen molar-refractivity contribution in [3.05, 3.63) is 128 Å². The zero-order valence-corrected chi connectivity index (χ0v) is 32.4. The molecule has 3 aromatic carbocycles. The van der Waals surface area contributed by atoms with Gasteiger partial charge in [0, 0.05) is 0 Å². The van der Waals surface area contributed by atoms with Gasteiger partial charge in [0.2, 0.25) is 0 Å². The van der Waals surface area contributed by atoms with Crippen molar-refractivity contribution in [2.75, 3.05) is 27.0 Å². The minimum atomic E-state index is -3.78. The summed E-state index contributed by atoms with van der Waals surface area (Å²) in [5, 5.41) is 9.60. The Kier molecular flexibility index (Phi) is 12.9. The molecule has 3 atom stereocenters. The summed E-state index contributed by atoms with van der Waals surface area (Å²) in [5.41, 5.74) is 0.557. The molecule has 1 aromatic heterocycles. The normalized spacial score (nSPS) is 18.0. The molecule has 1 aliphatic heterocycles. The molecule has 1 saturated heterocycles. The Morgan fingerprint density at radius 3 is 2.00 bits per heavy atom. The van der Waals surface area contributed by atoms with E-state index >= 15 is 0 Å². The molecule has 0 radical (unpaired) electrons. The molecule has 2 N–H and O–H groups in total. The van der Waals surface area contributed by atoms with Crippen LogP contribution < -0.4 is 20.7 Å². The fourth-order valence-corrected chi connectivity index (χ4v) is 10.6. The SMILES string of the molecule is COc1ccc(C(OC[C@H]2O[C@@H](n3cc(C)c(=O)[nH]c3=O)C[C@@H]2O[PH](O)(CCC#N)N(C(C)C)C(C)C)(c2ccccc2)c2ccc(OC)cc2)cc1. The number of aromatic amines is 1. The molecule has 0 amide bonds. The number of nitrogens with one attached hydrogen (secondary N) is 1. The topological polar surface area (TPSA) is 148 Å². The maximum absolute atomic E-state index is 13.1. The molecule has 1 aliphatic rings. The predicted molar refractivity (Wildman–Crippen MR) is 205 cm³/mol. The van der Waals surface area contributed by atoms with Gasteiger partial charge >= 0.3 is 312 Å². The first-order valence-corrected chi connectivity index (χ1v) is 19.9. The molecule has 0 spiro atoms. The van der Waals surface area contributed by atoms with Gasteiger partial charge in [-0.05, 0) is 0 Å². The summed E-state index contributed by atoms with van der Waals surface area (Å²) in [4.78, 5) is 40.2. The molecule has 0 bridgehead atoms. The van der Waals surface area contributed by atoms with E-state index in [1.165, 1.54) is 10.8 Å². The van der Waals surface area contributed by atoms with Gasteiger partial charge in [-0.1, -0.05) is 0 Å². The van der Waals surface area contributed by atoms with Gasteiger partial charge in [0.25, 0.3) is 0 Å². The molecule has 4 aromatic rings. The number of nitrogens with zero attached hydrogens (tertiary/aromatic N) is 3. The first-order valence-electron chi connectivity index (χ1n) is 17.9. The van der Waals surface area contributed by atoms with Crippen LogP contribution in [0.15, 0.2) is 94.6 Å². The number of nitriles is 1. The van der Waals surface area contributed by atoms with Crippen molar-refractivity contribution in [1.82, 2.24) is 14.2 Å². The monoisotopic (exact) mass is 746 g/mol. The second-order valence-electron chi connectivity index (χ2n) is 13.8. The number of benzene rings is 3. The van der Waals surface area contributed by atoms with E-state index in [1.54, 1.807) is 21.1 Å². The Balaban J connectivity index is 1.63. The molecule has 0 unspecified atom stereocenters. The van der Waals surface area contributed by atoms with E-state index in [9.17, 15) is 19.7 Å². The van der Waals surface area contributed by atoms with Crippen molar-refractivity contribution in [3.63, 3.8) is 0 Å². The molecule has 13 heteroatoms. The summed E-state index contributed by atoms with van der Waals surface area (Å²) in [6, 6.07) is 27.2. The van der Waals surface area contributed by atoms with E-state index in [-0.39, 0.29) is 37.7 Å². The van der Waals surface area contributed by atoms with Crippen LogP contribution in [0.1, 0.15) is 69.0 Å². The number of hydrogen-bond acceptors (Lipinski definition) is 10. The van der Waals surface area contributed by atoms with Gasteiger partial charge in [-0.25, -0.2) is 0 Å². The zero-order valence-electron chi connectivity index (χ0n) is 31.4. The van der Waals surface area contributed by atoms with Crippen molar-refractivity contribution >= 4 is 7.87 Å². The van der Waals surface area contributed by atoms with Crippen molar-refractivity contribution in [2.45, 2.75) is 83.6 Å². The van der Waals surface area contributed by atoms with Crippen LogP contribution in [0.5, 0.6) is 11.5 Å².